The number of ether oxygens (including phenoxy) is 2. The monoisotopic (exact) mass is 283 g/mol. The normalized spacial score (nSPS) is 11.5. The summed E-state index contributed by atoms with van der Waals surface area (Å²) in [6.45, 7) is 2.01. The highest BCUT2D eigenvalue weighted by Crippen LogP contribution is 2.27. The van der Waals surface area contributed by atoms with Crippen LogP contribution in [0.4, 0.5) is 0 Å². The smallest absolute Gasteiger partial charge is 0.145 e. The summed E-state index contributed by atoms with van der Waals surface area (Å²) >= 11 is 0. The molecule has 1 aromatic heterocycles. The Hall–Kier alpha value is -2.58. The van der Waals surface area contributed by atoms with Gasteiger partial charge in [-0.25, -0.2) is 0 Å². The zero-order valence-corrected chi connectivity index (χ0v) is 12.0. The van der Waals surface area contributed by atoms with Gasteiger partial charge in [0.25, 0.3) is 0 Å². The van der Waals surface area contributed by atoms with Gasteiger partial charge in [-0.15, -0.1) is 0 Å². The Kier molecular flexibility index (Phi) is 4.75. The number of methoxy groups -OCH3 is 1. The number of nitrogens with zero attached hydrogens (tertiary/aromatic N) is 2. The maximum Gasteiger partial charge on any atom is 0.145 e. The molecule has 0 bridgehead atoms. The van der Waals surface area contributed by atoms with Crippen LogP contribution in [-0.4, -0.2) is 12.1 Å². The minimum atomic E-state index is -0.0685. The van der Waals surface area contributed by atoms with Crippen LogP contribution >= 0.6 is 0 Å². The average Bonchev–Trinajstić information content (AvgIpc) is 2.54. The molecule has 0 saturated carbocycles. The molecule has 0 aliphatic rings. The molecule has 2 rings (SSSR count). The van der Waals surface area contributed by atoms with Crippen molar-refractivity contribution in [2.45, 2.75) is 19.4 Å². The van der Waals surface area contributed by atoms with Crippen molar-refractivity contribution in [2.75, 3.05) is 7.11 Å². The van der Waals surface area contributed by atoms with Crippen LogP contribution in [0.15, 0.2) is 36.5 Å². The van der Waals surface area contributed by atoms with Crippen LogP contribution in [0.2, 0.25) is 0 Å². The third-order valence-corrected chi connectivity index (χ3v) is 3.06. The molecule has 0 saturated heterocycles. The van der Waals surface area contributed by atoms with Crippen molar-refractivity contribution < 1.29 is 9.47 Å². The summed E-state index contributed by atoms with van der Waals surface area (Å²) in [6, 6.07) is 10.7. The molecule has 5 heteroatoms. The van der Waals surface area contributed by atoms with E-state index in [-0.39, 0.29) is 6.04 Å². The number of nitrogens with two attached hydrogens (primary N) is 1. The van der Waals surface area contributed by atoms with Crippen molar-refractivity contribution in [3.05, 3.63) is 47.8 Å². The zero-order valence-electron chi connectivity index (χ0n) is 12.0. The molecule has 108 valence electrons. The van der Waals surface area contributed by atoms with E-state index in [9.17, 15) is 0 Å². The van der Waals surface area contributed by atoms with Crippen molar-refractivity contribution in [1.29, 1.82) is 5.26 Å². The lowest BCUT2D eigenvalue weighted by molar-refractivity contribution is 0.408. The van der Waals surface area contributed by atoms with Crippen LogP contribution < -0.4 is 15.2 Å². The van der Waals surface area contributed by atoms with Crippen molar-refractivity contribution in [1.82, 2.24) is 4.98 Å². The van der Waals surface area contributed by atoms with E-state index >= 15 is 0 Å². The molecule has 21 heavy (non-hydrogen) atoms. The van der Waals surface area contributed by atoms with Crippen LogP contribution in [0.3, 0.4) is 0 Å². The molecule has 0 radical (unpaired) electrons. The van der Waals surface area contributed by atoms with Crippen molar-refractivity contribution in [2.24, 2.45) is 5.73 Å². The third kappa shape index (κ3) is 3.71. The van der Waals surface area contributed by atoms with Crippen molar-refractivity contribution in [3.8, 4) is 23.3 Å². The van der Waals surface area contributed by atoms with Crippen LogP contribution in [0.25, 0.3) is 0 Å². The van der Waals surface area contributed by atoms with Gasteiger partial charge in [0.2, 0.25) is 0 Å². The molecule has 0 unspecified atom stereocenters. The van der Waals surface area contributed by atoms with Gasteiger partial charge in [0.05, 0.1) is 30.6 Å². The summed E-state index contributed by atoms with van der Waals surface area (Å²) in [5.74, 6) is 1.68. The van der Waals surface area contributed by atoms with Gasteiger partial charge in [-0.2, -0.15) is 5.26 Å². The molecule has 2 N–H and O–H groups in total. The van der Waals surface area contributed by atoms with E-state index in [2.05, 4.69) is 11.1 Å². The number of hydrogen-bond donors (Lipinski definition) is 1. The molecule has 0 aliphatic carbocycles. The predicted molar refractivity (Wildman–Crippen MR) is 79.2 cm³/mol. The second kappa shape index (κ2) is 6.73. The fourth-order valence-corrected chi connectivity index (χ4v) is 1.83. The van der Waals surface area contributed by atoms with E-state index in [1.165, 1.54) is 0 Å². The minimum Gasteiger partial charge on any atom is -0.497 e. The lowest BCUT2D eigenvalue weighted by atomic mass is 10.1. The Bertz CT molecular complexity index is 648. The minimum absolute atomic E-state index is 0.0685. The number of hydrogen-bond acceptors (Lipinski definition) is 5. The summed E-state index contributed by atoms with van der Waals surface area (Å²) < 4.78 is 10.8. The Morgan fingerprint density at radius 3 is 2.57 bits per heavy atom. The first-order valence-corrected chi connectivity index (χ1v) is 6.64. The van der Waals surface area contributed by atoms with Gasteiger partial charge in [-0.1, -0.05) is 6.92 Å². The van der Waals surface area contributed by atoms with Crippen LogP contribution in [-0.2, 0) is 0 Å². The second-order valence-corrected chi connectivity index (χ2v) is 4.54. The van der Waals surface area contributed by atoms with Crippen molar-refractivity contribution in [3.63, 3.8) is 0 Å². The fourth-order valence-electron chi connectivity index (χ4n) is 1.83. The number of nitriles is 1. The van der Waals surface area contributed by atoms with Crippen LogP contribution in [0.5, 0.6) is 17.2 Å². The van der Waals surface area contributed by atoms with Gasteiger partial charge in [-0.3, -0.25) is 4.98 Å². The quantitative estimate of drug-likeness (QED) is 0.911. The largest absolute Gasteiger partial charge is 0.497 e. The molecule has 0 amide bonds. The summed E-state index contributed by atoms with van der Waals surface area (Å²) in [7, 11) is 1.54. The lowest BCUT2D eigenvalue weighted by Gasteiger charge is -2.10. The van der Waals surface area contributed by atoms with Gasteiger partial charge in [0.1, 0.15) is 17.2 Å². The summed E-state index contributed by atoms with van der Waals surface area (Å²) in [5.41, 5.74) is 7.22. The molecule has 2 aromatic rings. The highest BCUT2D eigenvalue weighted by Gasteiger charge is 2.07. The van der Waals surface area contributed by atoms with E-state index in [1.54, 1.807) is 31.5 Å². The SMILES string of the molecule is CC[C@H](N)c1ccc(Oc2cc(C#N)cc(OC)c2)cn1. The molecule has 0 aliphatic heterocycles. The number of pyridine rings is 1. The predicted octanol–water partition coefficient (Wildman–Crippen LogP) is 3.16. The first kappa shape index (κ1) is 14.8. The highest BCUT2D eigenvalue weighted by molar-refractivity contribution is 5.45. The van der Waals surface area contributed by atoms with Gasteiger partial charge in [0.15, 0.2) is 0 Å². The topological polar surface area (TPSA) is 81.2 Å². The zero-order chi connectivity index (χ0) is 15.2. The summed E-state index contributed by atoms with van der Waals surface area (Å²) in [5, 5.41) is 8.99. The van der Waals surface area contributed by atoms with Crippen LogP contribution in [0, 0.1) is 11.3 Å². The van der Waals surface area contributed by atoms with Crippen LogP contribution in [0.1, 0.15) is 30.6 Å². The second-order valence-electron chi connectivity index (χ2n) is 4.54. The van der Waals surface area contributed by atoms with Gasteiger partial charge >= 0.3 is 0 Å². The molecule has 1 heterocycles. The number of benzene rings is 1. The Labute approximate surface area is 123 Å². The van der Waals surface area contributed by atoms with E-state index in [4.69, 9.17) is 20.5 Å². The van der Waals surface area contributed by atoms with Gasteiger partial charge in [-0.05, 0) is 30.7 Å². The van der Waals surface area contributed by atoms with E-state index in [0.29, 0.717) is 22.8 Å². The number of aromatic nitrogens is 1. The Balaban J connectivity index is 2.20. The molecule has 1 aromatic carbocycles. The van der Waals surface area contributed by atoms with Gasteiger partial charge in [0, 0.05) is 12.1 Å². The molecule has 1 atom stereocenters. The number of rotatable bonds is 5. The summed E-state index contributed by atoms with van der Waals surface area (Å²) in [6.07, 6.45) is 2.45. The highest BCUT2D eigenvalue weighted by atomic mass is 16.5. The Morgan fingerprint density at radius 2 is 2.00 bits per heavy atom. The van der Waals surface area contributed by atoms with E-state index in [1.807, 2.05) is 19.1 Å². The molecule has 0 fully saturated rings. The fraction of sp³-hybridized carbons (Fsp3) is 0.250. The van der Waals surface area contributed by atoms with E-state index in [0.717, 1.165) is 12.1 Å². The first-order valence-electron chi connectivity index (χ1n) is 6.64. The third-order valence-electron chi connectivity index (χ3n) is 3.06. The maximum atomic E-state index is 8.99. The Morgan fingerprint density at radius 1 is 1.24 bits per heavy atom. The molecule has 5 nitrogen and oxygen atoms in total. The van der Waals surface area contributed by atoms with Crippen molar-refractivity contribution >= 4 is 0 Å². The first-order chi connectivity index (χ1) is 10.2. The maximum absolute atomic E-state index is 8.99. The lowest BCUT2D eigenvalue weighted by Crippen LogP contribution is -2.10. The van der Waals surface area contributed by atoms with Gasteiger partial charge < -0.3 is 15.2 Å². The standard InChI is InChI=1S/C16H17N3O2/c1-3-15(18)16-5-4-12(10-19-16)21-14-7-11(9-17)6-13(8-14)20-2/h4-8,10,15H,3,18H2,1-2H3/t15-/m0/s1. The average molecular weight is 283 g/mol. The molecular weight excluding hydrogens is 266 g/mol. The summed E-state index contributed by atoms with van der Waals surface area (Å²) in [4.78, 5) is 4.28. The van der Waals surface area contributed by atoms with E-state index < -0.39 is 0 Å². The molecular formula is C16H17N3O2. The molecule has 0 spiro atoms.